The van der Waals surface area contributed by atoms with Gasteiger partial charge in [-0.25, -0.2) is 0 Å². The zero-order valence-electron chi connectivity index (χ0n) is 81.7. The van der Waals surface area contributed by atoms with E-state index < -0.39 is 5.41 Å². The molecular formula is C112H224O2. The zero-order valence-corrected chi connectivity index (χ0v) is 81.7. The topological polar surface area (TPSA) is 26.3 Å². The van der Waals surface area contributed by atoms with Crippen LogP contribution in [-0.2, 0) is 9.53 Å². The molecule has 0 saturated heterocycles. The van der Waals surface area contributed by atoms with Gasteiger partial charge in [-0.15, -0.1) is 0 Å². The number of carbonyl (C=O) groups is 1. The van der Waals surface area contributed by atoms with Gasteiger partial charge in [0.15, 0.2) is 0 Å². The molecule has 0 N–H and O–H groups in total. The van der Waals surface area contributed by atoms with Crippen LogP contribution in [0.15, 0.2) is 0 Å². The number of unbranched alkanes of at least 4 members (excludes halogenated alkanes) is 80. The number of esters is 1. The van der Waals surface area contributed by atoms with Gasteiger partial charge < -0.3 is 4.74 Å². The van der Waals surface area contributed by atoms with E-state index in [0.29, 0.717) is 18.5 Å². The molecule has 0 aromatic heterocycles. The van der Waals surface area contributed by atoms with E-state index in [9.17, 15) is 0 Å². The van der Waals surface area contributed by atoms with E-state index >= 15 is 4.79 Å². The minimum atomic E-state index is -0.462. The number of hydrogen-bond donors (Lipinski definition) is 0. The van der Waals surface area contributed by atoms with E-state index in [0.717, 1.165) is 19.3 Å². The highest BCUT2D eigenvalue weighted by molar-refractivity contribution is 5.78. The second-order valence-electron chi connectivity index (χ2n) is 39.5. The van der Waals surface area contributed by atoms with Crippen molar-refractivity contribution in [2.24, 2.45) is 22.2 Å². The summed E-state index contributed by atoms with van der Waals surface area (Å²) in [7, 11) is 0. The first kappa shape index (κ1) is 113. The summed E-state index contributed by atoms with van der Waals surface area (Å²) >= 11 is 0. The summed E-state index contributed by atoms with van der Waals surface area (Å²) in [4.78, 5) is 17.9. The van der Waals surface area contributed by atoms with Crippen LogP contribution < -0.4 is 0 Å². The van der Waals surface area contributed by atoms with Gasteiger partial charge in [0.1, 0.15) is 0 Å². The fourth-order valence-corrected chi connectivity index (χ4v) is 21.7. The minimum Gasteiger partial charge on any atom is -0.465 e. The van der Waals surface area contributed by atoms with E-state index in [-0.39, 0.29) is 10.8 Å². The van der Waals surface area contributed by atoms with Crippen LogP contribution in [0.4, 0.5) is 0 Å². The molecule has 0 aromatic carbocycles. The van der Waals surface area contributed by atoms with Crippen LogP contribution in [0.3, 0.4) is 0 Å². The highest BCUT2D eigenvalue weighted by atomic mass is 16.5. The third kappa shape index (κ3) is 66.1. The van der Waals surface area contributed by atoms with E-state index in [2.05, 4.69) is 62.3 Å². The average Bonchev–Trinajstić information content (AvgIpc) is 0.705. The summed E-state index contributed by atoms with van der Waals surface area (Å²) in [5.41, 5.74) is -0.442. The first-order chi connectivity index (χ1) is 56.4. The number of carbonyl (C=O) groups excluding carboxylic acids is 1. The number of ether oxygens (including phenoxy) is 1. The van der Waals surface area contributed by atoms with Gasteiger partial charge in [-0.2, -0.15) is 0 Å². The fourth-order valence-electron chi connectivity index (χ4n) is 21.7. The average molecular weight is 1600 g/mol. The van der Waals surface area contributed by atoms with Gasteiger partial charge in [-0.1, -0.05) is 627 Å². The lowest BCUT2D eigenvalue weighted by atomic mass is 9.39. The van der Waals surface area contributed by atoms with Crippen LogP contribution in [0, 0.1) is 22.2 Å². The molecule has 1 unspecified atom stereocenters. The van der Waals surface area contributed by atoms with Crippen molar-refractivity contribution in [1.29, 1.82) is 0 Å². The smallest absolute Gasteiger partial charge is 0.312 e. The Balaban J connectivity index is 9.56. The number of rotatable bonds is 102. The molecule has 0 bridgehead atoms. The molecule has 0 aliphatic carbocycles. The zero-order chi connectivity index (χ0) is 82.7. The molecule has 0 amide bonds. The van der Waals surface area contributed by atoms with Crippen LogP contribution >= 0.6 is 0 Å². The molecule has 1 atom stereocenters. The molecule has 0 fully saturated rings. The highest BCUT2D eigenvalue weighted by Crippen LogP contribution is 2.70. The minimum absolute atomic E-state index is 0.0886. The summed E-state index contributed by atoms with van der Waals surface area (Å²) in [6.07, 6.45) is 134. The lowest BCUT2D eigenvalue weighted by molar-refractivity contribution is -0.199. The standard InChI is InChI=1S/C112H224O2/c1-10-19-28-37-46-55-64-73-82-91-100-108(99-90-81-72-63-54-45-36-27-18-9)110(101-92-83-74-65-56-47-38-29-20-11-2,102-93-84-75-66-57-48-39-30-21-12-3)112(105-96-87-78-69-60-51-42-33-24-15-6,106-97-88-79-70-61-52-43-34-25-16-7)111(103-94-85-76-67-58-49-40-31-22-13-4,104-95-86-77-68-59-50-41-32-23-14-5)109(113)114-107-98-89-80-71-62-53-44-35-26-17-8/h108H,10-107H2,1-9H3. The Hall–Kier alpha value is -0.530. The molecular weight excluding hydrogens is 1380 g/mol. The Morgan fingerprint density at radius 1 is 0.175 bits per heavy atom. The molecule has 0 heterocycles. The Bertz CT molecular complexity index is 1690. The maximum absolute atomic E-state index is 17.9. The molecule has 0 aliphatic rings. The maximum atomic E-state index is 17.9. The molecule has 0 aromatic rings. The van der Waals surface area contributed by atoms with Crippen molar-refractivity contribution < 1.29 is 9.53 Å². The largest absolute Gasteiger partial charge is 0.465 e. The molecule has 684 valence electrons. The molecule has 2 nitrogen and oxygen atoms in total. The first-order valence-electron chi connectivity index (χ1n) is 55.5. The number of hydrogen-bond acceptors (Lipinski definition) is 2. The molecule has 0 spiro atoms. The SMILES string of the molecule is CCCCCCCCCCCCOC(=O)C(CCCCCCCCCCCC)(CCCCCCCCCCCC)C(CCCCCCCCCCCC)(CCCCCCCCCCCC)C(CCCCCCCCCCCC)(CCCCCCCCCCCC)C(CCCCCCCCCCC)CCCCCCCCCCCC. The lowest BCUT2D eigenvalue weighted by Crippen LogP contribution is -2.60. The molecule has 2 heteroatoms. The Labute approximate surface area is 725 Å². The Morgan fingerprint density at radius 2 is 0.325 bits per heavy atom. The molecule has 0 radical (unpaired) electrons. The second kappa shape index (κ2) is 93.2. The predicted molar refractivity (Wildman–Crippen MR) is 521 cm³/mol. The van der Waals surface area contributed by atoms with Gasteiger partial charge in [-0.3, -0.25) is 4.79 Å². The van der Waals surface area contributed by atoms with E-state index in [1.807, 2.05) is 0 Å². The van der Waals surface area contributed by atoms with Crippen molar-refractivity contribution in [3.8, 4) is 0 Å². The summed E-state index contributed by atoms with van der Waals surface area (Å²) in [6, 6.07) is 0. The van der Waals surface area contributed by atoms with Gasteiger partial charge in [-0.05, 0) is 74.5 Å². The van der Waals surface area contributed by atoms with Crippen LogP contribution in [-0.4, -0.2) is 12.6 Å². The van der Waals surface area contributed by atoms with Crippen LogP contribution in [0.1, 0.15) is 685 Å². The fraction of sp³-hybridized carbons (Fsp3) is 0.991. The quantitative estimate of drug-likeness (QED) is 0.0448. The predicted octanol–water partition coefficient (Wildman–Crippen LogP) is 42.1. The van der Waals surface area contributed by atoms with E-state index in [4.69, 9.17) is 4.74 Å². The van der Waals surface area contributed by atoms with Crippen molar-refractivity contribution >= 4 is 5.97 Å². The third-order valence-electron chi connectivity index (χ3n) is 29.1. The normalized spacial score (nSPS) is 12.5. The van der Waals surface area contributed by atoms with Gasteiger partial charge in [0.25, 0.3) is 0 Å². The summed E-state index contributed by atoms with van der Waals surface area (Å²) in [5.74, 6) is 1.05. The first-order valence-corrected chi connectivity index (χ1v) is 55.5. The Kier molecular flexibility index (Phi) is 92.7. The Morgan fingerprint density at radius 3 is 0.518 bits per heavy atom. The van der Waals surface area contributed by atoms with Crippen molar-refractivity contribution in [3.63, 3.8) is 0 Å². The van der Waals surface area contributed by atoms with Crippen molar-refractivity contribution in [2.75, 3.05) is 6.61 Å². The van der Waals surface area contributed by atoms with E-state index in [1.54, 1.807) is 0 Å². The third-order valence-corrected chi connectivity index (χ3v) is 29.1. The summed E-state index contributed by atoms with van der Waals surface area (Å²) < 4.78 is 7.64. The van der Waals surface area contributed by atoms with Crippen LogP contribution in [0.2, 0.25) is 0 Å². The second-order valence-corrected chi connectivity index (χ2v) is 39.5. The van der Waals surface area contributed by atoms with Crippen molar-refractivity contribution in [3.05, 3.63) is 0 Å². The van der Waals surface area contributed by atoms with Crippen molar-refractivity contribution in [1.82, 2.24) is 0 Å². The summed E-state index contributed by atoms with van der Waals surface area (Å²) in [6.45, 7) is 22.1. The van der Waals surface area contributed by atoms with Crippen LogP contribution in [0.25, 0.3) is 0 Å². The highest BCUT2D eigenvalue weighted by Gasteiger charge is 2.65. The molecule has 114 heavy (non-hydrogen) atoms. The lowest BCUT2D eigenvalue weighted by Gasteiger charge is -2.64. The monoisotopic (exact) mass is 1600 g/mol. The molecule has 0 rings (SSSR count). The molecule has 0 saturated carbocycles. The van der Waals surface area contributed by atoms with E-state index in [1.165, 1.54) is 604 Å². The van der Waals surface area contributed by atoms with Gasteiger partial charge in [0.05, 0.1) is 12.0 Å². The van der Waals surface area contributed by atoms with Gasteiger partial charge >= 0.3 is 5.97 Å². The molecule has 0 aliphatic heterocycles. The van der Waals surface area contributed by atoms with Gasteiger partial charge in [0, 0.05) is 0 Å². The van der Waals surface area contributed by atoms with Gasteiger partial charge in [0.2, 0.25) is 0 Å². The maximum Gasteiger partial charge on any atom is 0.312 e. The van der Waals surface area contributed by atoms with Crippen molar-refractivity contribution in [2.45, 2.75) is 685 Å². The van der Waals surface area contributed by atoms with Crippen LogP contribution in [0.5, 0.6) is 0 Å². The summed E-state index contributed by atoms with van der Waals surface area (Å²) in [5, 5.41) is 0.